The van der Waals surface area contributed by atoms with E-state index in [0.717, 1.165) is 25.7 Å². The largest absolute Gasteiger partial charge is 0.460 e. The van der Waals surface area contributed by atoms with Gasteiger partial charge in [0.1, 0.15) is 5.60 Å². The minimum atomic E-state index is -0.472. The molecule has 35 heavy (non-hydrogen) atoms. The van der Waals surface area contributed by atoms with Gasteiger partial charge in [-0.25, -0.2) is 4.79 Å². The van der Waals surface area contributed by atoms with Crippen molar-refractivity contribution in [3.05, 3.63) is 0 Å². The van der Waals surface area contributed by atoms with Gasteiger partial charge in [0.05, 0.1) is 65.9 Å². The molecule has 200 valence electrons. The van der Waals surface area contributed by atoms with Crippen LogP contribution in [0.15, 0.2) is 0 Å². The van der Waals surface area contributed by atoms with Crippen LogP contribution in [0.4, 0.5) is 4.79 Å². The standard InChI is InChI=1S/C26H43NO8/c1-26(2,3)35-24(28)10-12-30-14-16-32-18-19-33-17-15-31-13-11-27-25(29)34-20-23-21-8-6-4-5-7-9-22(21)23/h21-23H,6-20H2,1-3H3,(H,27,29)/t21-,22+,23?. The van der Waals surface area contributed by atoms with Crippen molar-refractivity contribution in [3.8, 4) is 11.8 Å². The predicted molar refractivity (Wildman–Crippen MR) is 130 cm³/mol. The number of carbonyl (C=O) groups is 2. The second-order valence-electron chi connectivity index (χ2n) is 9.73. The highest BCUT2D eigenvalue weighted by atomic mass is 16.6. The SMILES string of the molecule is CC(C)(C)OC(=O)CCOCCOCCOCCOCCNC(=O)OCC1[C@H]2CCC#CCC[C@@H]12. The van der Waals surface area contributed by atoms with Crippen molar-refractivity contribution in [1.29, 1.82) is 0 Å². The molecule has 0 spiro atoms. The lowest BCUT2D eigenvalue weighted by atomic mass is 10.1. The number of rotatable bonds is 17. The van der Waals surface area contributed by atoms with E-state index in [2.05, 4.69) is 17.2 Å². The topological polar surface area (TPSA) is 102 Å². The summed E-state index contributed by atoms with van der Waals surface area (Å²) in [6.45, 7) is 9.79. The molecule has 2 aliphatic carbocycles. The van der Waals surface area contributed by atoms with Gasteiger partial charge in [-0.3, -0.25) is 4.79 Å². The van der Waals surface area contributed by atoms with Gasteiger partial charge < -0.3 is 33.7 Å². The summed E-state index contributed by atoms with van der Waals surface area (Å²) in [4.78, 5) is 23.4. The van der Waals surface area contributed by atoms with Crippen molar-refractivity contribution >= 4 is 12.1 Å². The number of fused-ring (bicyclic) bond motifs is 1. The summed E-state index contributed by atoms with van der Waals surface area (Å²) in [6.07, 6.45) is 4.03. The van der Waals surface area contributed by atoms with Crippen molar-refractivity contribution in [3.63, 3.8) is 0 Å². The molecule has 2 rings (SSSR count). The molecule has 0 aliphatic heterocycles. The molecule has 0 bridgehead atoms. The molecule has 3 atom stereocenters. The van der Waals surface area contributed by atoms with Crippen LogP contribution in [-0.2, 0) is 33.2 Å². The zero-order chi connectivity index (χ0) is 25.4. The second kappa shape index (κ2) is 16.7. The minimum Gasteiger partial charge on any atom is -0.460 e. The predicted octanol–water partition coefficient (Wildman–Crippen LogP) is 2.95. The van der Waals surface area contributed by atoms with Crippen molar-refractivity contribution in [2.45, 2.75) is 58.5 Å². The van der Waals surface area contributed by atoms with Crippen LogP contribution in [0.25, 0.3) is 0 Å². The van der Waals surface area contributed by atoms with Gasteiger partial charge in [-0.15, -0.1) is 11.8 Å². The molecule has 0 saturated heterocycles. The van der Waals surface area contributed by atoms with E-state index >= 15 is 0 Å². The van der Waals surface area contributed by atoms with Crippen LogP contribution in [0, 0.1) is 29.6 Å². The van der Waals surface area contributed by atoms with Gasteiger partial charge in [-0.1, -0.05) is 0 Å². The van der Waals surface area contributed by atoms with Crippen molar-refractivity contribution in [2.75, 3.05) is 66.0 Å². The zero-order valence-electron chi connectivity index (χ0n) is 21.6. The Morgan fingerprint density at radius 1 is 0.800 bits per heavy atom. The highest BCUT2D eigenvalue weighted by molar-refractivity contribution is 5.69. The van der Waals surface area contributed by atoms with Crippen LogP contribution in [0.3, 0.4) is 0 Å². The van der Waals surface area contributed by atoms with E-state index in [1.54, 1.807) is 0 Å². The van der Waals surface area contributed by atoms with Gasteiger partial charge in [0.25, 0.3) is 0 Å². The molecular formula is C26H43NO8. The third kappa shape index (κ3) is 14.3. The smallest absolute Gasteiger partial charge is 0.407 e. The Morgan fingerprint density at radius 2 is 1.31 bits per heavy atom. The third-order valence-corrected chi connectivity index (χ3v) is 5.75. The maximum Gasteiger partial charge on any atom is 0.407 e. The number of hydrogen-bond acceptors (Lipinski definition) is 8. The number of nitrogens with one attached hydrogen (secondary N) is 1. The molecule has 9 nitrogen and oxygen atoms in total. The first-order valence-electron chi connectivity index (χ1n) is 12.8. The van der Waals surface area contributed by atoms with Gasteiger partial charge in [0.2, 0.25) is 0 Å². The molecule has 1 unspecified atom stereocenters. The van der Waals surface area contributed by atoms with Gasteiger partial charge in [-0.2, -0.15) is 0 Å². The van der Waals surface area contributed by atoms with Crippen LogP contribution in [0.5, 0.6) is 0 Å². The molecule has 0 radical (unpaired) electrons. The van der Waals surface area contributed by atoms with Crippen molar-refractivity contribution in [1.82, 2.24) is 5.32 Å². The van der Waals surface area contributed by atoms with Crippen LogP contribution in [0.2, 0.25) is 0 Å². The Kier molecular flexibility index (Phi) is 14.1. The fourth-order valence-corrected chi connectivity index (χ4v) is 4.04. The zero-order valence-corrected chi connectivity index (χ0v) is 21.6. The van der Waals surface area contributed by atoms with Gasteiger partial charge in [-0.05, 0) is 51.4 Å². The van der Waals surface area contributed by atoms with Crippen LogP contribution < -0.4 is 5.32 Å². The summed E-state index contributed by atoms with van der Waals surface area (Å²) >= 11 is 0. The molecule has 1 N–H and O–H groups in total. The number of esters is 1. The van der Waals surface area contributed by atoms with Crippen LogP contribution >= 0.6 is 0 Å². The first-order valence-corrected chi connectivity index (χ1v) is 12.8. The summed E-state index contributed by atoms with van der Waals surface area (Å²) in [5.74, 6) is 7.97. The van der Waals surface area contributed by atoms with Gasteiger partial charge >= 0.3 is 12.1 Å². The van der Waals surface area contributed by atoms with Crippen molar-refractivity contribution < 1.29 is 38.0 Å². The number of amides is 1. The average molecular weight is 498 g/mol. The first kappa shape index (κ1) is 29.4. The Morgan fingerprint density at radius 3 is 1.86 bits per heavy atom. The Bertz CT molecular complexity index is 663. The molecule has 0 aromatic heterocycles. The molecule has 0 heterocycles. The third-order valence-electron chi connectivity index (χ3n) is 5.75. The summed E-state index contributed by atoms with van der Waals surface area (Å²) in [5, 5.41) is 2.72. The van der Waals surface area contributed by atoms with E-state index in [9.17, 15) is 9.59 Å². The molecule has 2 aliphatic rings. The van der Waals surface area contributed by atoms with E-state index in [4.69, 9.17) is 28.4 Å². The second-order valence-corrected chi connectivity index (χ2v) is 9.73. The number of ether oxygens (including phenoxy) is 6. The molecule has 9 heteroatoms. The summed E-state index contributed by atoms with van der Waals surface area (Å²) < 4.78 is 32.2. The maximum atomic E-state index is 11.8. The highest BCUT2D eigenvalue weighted by Gasteiger charge is 2.49. The fourth-order valence-electron chi connectivity index (χ4n) is 4.04. The monoisotopic (exact) mass is 497 g/mol. The number of carbonyl (C=O) groups excluding carboxylic acids is 2. The number of hydrogen-bond donors (Lipinski definition) is 1. The lowest BCUT2D eigenvalue weighted by Crippen LogP contribution is -2.29. The van der Waals surface area contributed by atoms with E-state index in [1.165, 1.54) is 0 Å². The summed E-state index contributed by atoms with van der Waals surface area (Å²) in [7, 11) is 0. The van der Waals surface area contributed by atoms with E-state index in [-0.39, 0.29) is 18.5 Å². The van der Waals surface area contributed by atoms with Gasteiger partial charge in [0, 0.05) is 19.4 Å². The normalized spacial score (nSPS) is 21.1. The fraction of sp³-hybridized carbons (Fsp3) is 0.846. The van der Waals surface area contributed by atoms with Crippen LogP contribution in [-0.4, -0.2) is 83.7 Å². The molecule has 1 saturated carbocycles. The Hall–Kier alpha value is -1.86. The Balaban J connectivity index is 1.27. The summed E-state index contributed by atoms with van der Waals surface area (Å²) in [5.41, 5.74) is -0.472. The average Bonchev–Trinajstić information content (AvgIpc) is 3.42. The molecule has 1 amide bonds. The molecule has 0 aromatic rings. The Labute approximate surface area is 209 Å². The molecular weight excluding hydrogens is 454 g/mol. The quantitative estimate of drug-likeness (QED) is 0.186. The molecule has 1 fully saturated rings. The van der Waals surface area contributed by atoms with Crippen molar-refractivity contribution in [2.24, 2.45) is 17.8 Å². The minimum absolute atomic E-state index is 0.231. The van der Waals surface area contributed by atoms with E-state index < -0.39 is 5.60 Å². The lowest BCUT2D eigenvalue weighted by Gasteiger charge is -2.19. The van der Waals surface area contributed by atoms with Crippen LogP contribution in [0.1, 0.15) is 52.9 Å². The highest BCUT2D eigenvalue weighted by Crippen LogP contribution is 2.52. The van der Waals surface area contributed by atoms with E-state index in [1.807, 2.05) is 20.8 Å². The summed E-state index contributed by atoms with van der Waals surface area (Å²) in [6, 6.07) is 0. The molecule has 0 aromatic carbocycles. The maximum absolute atomic E-state index is 11.8. The van der Waals surface area contributed by atoms with Gasteiger partial charge in [0.15, 0.2) is 0 Å². The first-order chi connectivity index (χ1) is 16.9. The lowest BCUT2D eigenvalue weighted by molar-refractivity contribution is -0.156. The van der Waals surface area contributed by atoms with E-state index in [0.29, 0.717) is 83.8 Å². The number of alkyl carbamates (subject to hydrolysis) is 1.